The van der Waals surface area contributed by atoms with Crippen LogP contribution < -0.4 is 11.5 Å². The molecule has 0 aliphatic heterocycles. The molecule has 2 aromatic heterocycles. The van der Waals surface area contributed by atoms with Gasteiger partial charge in [0.05, 0.1) is 24.6 Å². The van der Waals surface area contributed by atoms with Crippen molar-refractivity contribution in [3.8, 4) is 0 Å². The first-order valence-corrected chi connectivity index (χ1v) is 5.22. The molecule has 2 rings (SSSR count). The maximum Gasteiger partial charge on any atom is 0.160 e. The van der Waals surface area contributed by atoms with Crippen LogP contribution in [-0.2, 0) is 11.3 Å². The second-order valence-electron chi connectivity index (χ2n) is 3.89. The van der Waals surface area contributed by atoms with Gasteiger partial charge in [0, 0.05) is 18.4 Å². The minimum Gasteiger partial charge on any atom is -0.396 e. The van der Waals surface area contributed by atoms with Crippen LogP contribution in [-0.4, -0.2) is 22.0 Å². The number of hydrogen-bond acceptors (Lipinski definition) is 4. The molecule has 0 aliphatic carbocycles. The van der Waals surface area contributed by atoms with Crippen molar-refractivity contribution in [2.24, 2.45) is 5.73 Å². The molecule has 0 radical (unpaired) electrons. The predicted molar refractivity (Wildman–Crippen MR) is 62.9 cm³/mol. The van der Waals surface area contributed by atoms with Gasteiger partial charge in [-0.25, -0.2) is 4.98 Å². The van der Waals surface area contributed by atoms with E-state index in [1.165, 1.54) is 0 Å². The highest BCUT2D eigenvalue weighted by atomic mass is 16.5. The summed E-state index contributed by atoms with van der Waals surface area (Å²) in [5.74, 6) is 0. The van der Waals surface area contributed by atoms with Gasteiger partial charge in [-0.15, -0.1) is 0 Å². The number of fused-ring (bicyclic) bond motifs is 1. The molecule has 4 N–H and O–H groups in total. The highest BCUT2D eigenvalue weighted by Crippen LogP contribution is 2.14. The van der Waals surface area contributed by atoms with Crippen LogP contribution in [0.25, 0.3) is 5.65 Å². The van der Waals surface area contributed by atoms with Crippen LogP contribution in [0, 0.1) is 0 Å². The number of anilines is 1. The Bertz CT molecular complexity index is 478. The van der Waals surface area contributed by atoms with Crippen LogP contribution in [0.1, 0.15) is 12.6 Å². The maximum atomic E-state index is 5.80. The van der Waals surface area contributed by atoms with E-state index in [9.17, 15) is 0 Å². The molecule has 5 heteroatoms. The SMILES string of the molecule is C[C@@H](N)COCc1ccc(N)c2nccn12. The molecule has 2 aromatic rings. The predicted octanol–water partition coefficient (Wildman–Crippen LogP) is 0.780. The Morgan fingerprint density at radius 1 is 1.50 bits per heavy atom. The molecule has 0 fully saturated rings. The van der Waals surface area contributed by atoms with Crippen LogP contribution in [0.3, 0.4) is 0 Å². The van der Waals surface area contributed by atoms with E-state index in [1.54, 1.807) is 6.20 Å². The lowest BCUT2D eigenvalue weighted by molar-refractivity contribution is 0.108. The van der Waals surface area contributed by atoms with Crippen molar-refractivity contribution < 1.29 is 4.74 Å². The molecule has 0 saturated heterocycles. The molecule has 16 heavy (non-hydrogen) atoms. The Morgan fingerprint density at radius 2 is 2.31 bits per heavy atom. The van der Waals surface area contributed by atoms with E-state index in [4.69, 9.17) is 16.2 Å². The standard InChI is InChI=1S/C11H16N4O/c1-8(12)6-16-7-9-2-3-10(13)11-14-4-5-15(9)11/h2-5,8H,6-7,12-13H2,1H3/t8-/m1/s1. The Morgan fingerprint density at radius 3 is 3.06 bits per heavy atom. The molecule has 86 valence electrons. The minimum absolute atomic E-state index is 0.0482. The summed E-state index contributed by atoms with van der Waals surface area (Å²) in [5, 5.41) is 0. The third kappa shape index (κ3) is 2.15. The molecule has 0 aromatic carbocycles. The first kappa shape index (κ1) is 10.9. The van der Waals surface area contributed by atoms with Crippen molar-refractivity contribution in [3.05, 3.63) is 30.2 Å². The monoisotopic (exact) mass is 220 g/mol. The minimum atomic E-state index is 0.0482. The smallest absolute Gasteiger partial charge is 0.160 e. The molecule has 0 unspecified atom stereocenters. The molecule has 5 nitrogen and oxygen atoms in total. The van der Waals surface area contributed by atoms with Gasteiger partial charge >= 0.3 is 0 Å². The van der Waals surface area contributed by atoms with E-state index >= 15 is 0 Å². The second kappa shape index (κ2) is 4.51. The summed E-state index contributed by atoms with van der Waals surface area (Å²) in [6, 6.07) is 3.82. The number of hydrogen-bond donors (Lipinski definition) is 2. The third-order valence-corrected chi connectivity index (χ3v) is 2.29. The summed E-state index contributed by atoms with van der Waals surface area (Å²) < 4.78 is 7.41. The van der Waals surface area contributed by atoms with Crippen molar-refractivity contribution in [1.29, 1.82) is 0 Å². The van der Waals surface area contributed by atoms with Gasteiger partial charge in [0.1, 0.15) is 0 Å². The topological polar surface area (TPSA) is 78.6 Å². The summed E-state index contributed by atoms with van der Waals surface area (Å²) in [5.41, 5.74) is 13.9. The van der Waals surface area contributed by atoms with Gasteiger partial charge in [0.25, 0.3) is 0 Å². The van der Waals surface area contributed by atoms with Gasteiger partial charge in [-0.05, 0) is 19.1 Å². The van der Waals surface area contributed by atoms with Crippen LogP contribution >= 0.6 is 0 Å². The molecule has 2 heterocycles. The average Bonchev–Trinajstić information content (AvgIpc) is 2.70. The molecular weight excluding hydrogens is 204 g/mol. The van der Waals surface area contributed by atoms with E-state index < -0.39 is 0 Å². The quantitative estimate of drug-likeness (QED) is 0.798. The number of aromatic nitrogens is 2. The third-order valence-electron chi connectivity index (χ3n) is 2.29. The summed E-state index contributed by atoms with van der Waals surface area (Å²) >= 11 is 0. The lowest BCUT2D eigenvalue weighted by atomic mass is 10.3. The fourth-order valence-electron chi connectivity index (χ4n) is 1.56. The molecule has 0 amide bonds. The van der Waals surface area contributed by atoms with Crippen LogP contribution in [0.2, 0.25) is 0 Å². The van der Waals surface area contributed by atoms with Crippen molar-refractivity contribution >= 4 is 11.3 Å². The fraction of sp³-hybridized carbons (Fsp3) is 0.364. The molecule has 0 aliphatic rings. The van der Waals surface area contributed by atoms with Gasteiger partial charge in [-0.2, -0.15) is 0 Å². The highest BCUT2D eigenvalue weighted by Gasteiger charge is 2.04. The van der Waals surface area contributed by atoms with Crippen molar-refractivity contribution in [3.63, 3.8) is 0 Å². The van der Waals surface area contributed by atoms with Crippen LogP contribution in [0.4, 0.5) is 5.69 Å². The van der Waals surface area contributed by atoms with Crippen molar-refractivity contribution in [2.45, 2.75) is 19.6 Å². The van der Waals surface area contributed by atoms with E-state index in [2.05, 4.69) is 4.98 Å². The molecule has 0 saturated carbocycles. The molecule has 0 bridgehead atoms. The lowest BCUT2D eigenvalue weighted by Crippen LogP contribution is -2.21. The largest absolute Gasteiger partial charge is 0.396 e. The van der Waals surface area contributed by atoms with E-state index in [1.807, 2.05) is 29.7 Å². The molecular formula is C11H16N4O. The zero-order valence-corrected chi connectivity index (χ0v) is 9.26. The zero-order valence-electron chi connectivity index (χ0n) is 9.26. The fourth-order valence-corrected chi connectivity index (χ4v) is 1.56. The number of imidazole rings is 1. The summed E-state index contributed by atoms with van der Waals surface area (Å²) in [6.07, 6.45) is 3.59. The Kier molecular flexibility index (Phi) is 3.07. The average molecular weight is 220 g/mol. The first-order chi connectivity index (χ1) is 7.68. The normalized spacial score (nSPS) is 13.1. The number of nitrogens with two attached hydrogens (primary N) is 2. The van der Waals surface area contributed by atoms with Crippen molar-refractivity contribution in [2.75, 3.05) is 12.3 Å². The summed E-state index contributed by atoms with van der Waals surface area (Å²) in [4.78, 5) is 4.18. The highest BCUT2D eigenvalue weighted by molar-refractivity contribution is 5.64. The maximum absolute atomic E-state index is 5.80. The Labute approximate surface area is 94.0 Å². The van der Waals surface area contributed by atoms with Crippen LogP contribution in [0.5, 0.6) is 0 Å². The van der Waals surface area contributed by atoms with Gasteiger partial charge in [-0.3, -0.25) is 0 Å². The Balaban J connectivity index is 2.18. The van der Waals surface area contributed by atoms with E-state index in [0.717, 1.165) is 11.3 Å². The van der Waals surface area contributed by atoms with Gasteiger partial charge in [0.15, 0.2) is 5.65 Å². The van der Waals surface area contributed by atoms with Crippen molar-refractivity contribution in [1.82, 2.24) is 9.38 Å². The zero-order chi connectivity index (χ0) is 11.5. The number of ether oxygens (including phenoxy) is 1. The van der Waals surface area contributed by atoms with Crippen LogP contribution in [0.15, 0.2) is 24.5 Å². The molecule has 0 spiro atoms. The number of nitrogen functional groups attached to an aromatic ring is 1. The Hall–Kier alpha value is -1.59. The number of nitrogens with zero attached hydrogens (tertiary/aromatic N) is 2. The summed E-state index contributed by atoms with van der Waals surface area (Å²) in [7, 11) is 0. The van der Waals surface area contributed by atoms with E-state index in [-0.39, 0.29) is 6.04 Å². The number of pyridine rings is 1. The lowest BCUT2D eigenvalue weighted by Gasteiger charge is -2.09. The van der Waals surface area contributed by atoms with Gasteiger partial charge in [0.2, 0.25) is 0 Å². The van der Waals surface area contributed by atoms with E-state index in [0.29, 0.717) is 18.9 Å². The number of rotatable bonds is 4. The second-order valence-corrected chi connectivity index (χ2v) is 3.89. The first-order valence-electron chi connectivity index (χ1n) is 5.22. The van der Waals surface area contributed by atoms with Gasteiger partial charge < -0.3 is 20.6 Å². The van der Waals surface area contributed by atoms with Gasteiger partial charge in [-0.1, -0.05) is 0 Å². The summed E-state index contributed by atoms with van der Waals surface area (Å²) in [6.45, 7) is 2.96. The molecule has 1 atom stereocenters.